The number of nitrogens with two attached hydrogens (primary N) is 1. The van der Waals surface area contributed by atoms with Gasteiger partial charge in [0.1, 0.15) is 17.6 Å². The van der Waals surface area contributed by atoms with Crippen molar-refractivity contribution in [1.82, 2.24) is 15.5 Å². The van der Waals surface area contributed by atoms with Crippen molar-refractivity contribution in [1.29, 1.82) is 0 Å². The number of nitrogens with zero attached hydrogens (tertiary/aromatic N) is 1. The molecule has 2 heterocycles. The van der Waals surface area contributed by atoms with Crippen LogP contribution in [0.2, 0.25) is 0 Å². The van der Waals surface area contributed by atoms with Crippen molar-refractivity contribution in [2.24, 2.45) is 5.73 Å². The van der Waals surface area contributed by atoms with E-state index in [-0.39, 0.29) is 35.6 Å². The van der Waals surface area contributed by atoms with E-state index in [1.807, 2.05) is 13.1 Å². The molecule has 7 atom stereocenters. The second-order valence-electron chi connectivity index (χ2n) is 12.5. The summed E-state index contributed by atoms with van der Waals surface area (Å²) in [4.78, 5) is 40.0. The number of hydrogen-bond donors (Lipinski definition) is 5. The zero-order valence-electron chi connectivity index (χ0n) is 25.9. The minimum absolute atomic E-state index is 0.0120. The van der Waals surface area contributed by atoms with Gasteiger partial charge in [0.25, 0.3) is 0 Å². The SMILES string of the molecule is C=C(O[C@@H](C)C(=O)OC1=CC[C@@]2(O)[C@H]3Cc4ccc(O)c5c4[C@@]2(CCN3C)[C@H]1O5)[C@H](C)NC(=O)[C@H](CCCCN)NC(C)=O. The number of likely N-dealkylation sites (N-methyl/N-ethyl adjacent to an activating group) is 1. The molecule has 6 N–H and O–H groups in total. The predicted molar refractivity (Wildman–Crippen MR) is 160 cm³/mol. The smallest absolute Gasteiger partial charge is 0.352 e. The number of phenols is 1. The van der Waals surface area contributed by atoms with Crippen LogP contribution in [0, 0.1) is 0 Å². The average Bonchev–Trinajstić information content (AvgIpc) is 3.33. The van der Waals surface area contributed by atoms with Crippen LogP contribution >= 0.6 is 0 Å². The molecule has 44 heavy (non-hydrogen) atoms. The molecular weight excluding hydrogens is 568 g/mol. The number of phenolic OH excluding ortho intramolecular Hbond substituents is 1. The Labute approximate surface area is 257 Å². The van der Waals surface area contributed by atoms with Gasteiger partial charge >= 0.3 is 5.97 Å². The molecule has 0 unspecified atom stereocenters. The lowest BCUT2D eigenvalue weighted by Crippen LogP contribution is -2.74. The van der Waals surface area contributed by atoms with Gasteiger partial charge in [-0.15, -0.1) is 0 Å². The molecule has 1 aromatic carbocycles. The van der Waals surface area contributed by atoms with E-state index in [0.29, 0.717) is 44.5 Å². The molecule has 0 saturated carbocycles. The lowest BCUT2D eigenvalue weighted by Gasteiger charge is -2.61. The summed E-state index contributed by atoms with van der Waals surface area (Å²) in [5, 5.41) is 28.4. The minimum Gasteiger partial charge on any atom is -0.504 e. The first-order valence-electron chi connectivity index (χ1n) is 15.3. The molecule has 5 rings (SSSR count). The molecular formula is C32H44N4O8. The van der Waals surface area contributed by atoms with Gasteiger partial charge in [-0.2, -0.15) is 0 Å². The van der Waals surface area contributed by atoms with Crippen molar-refractivity contribution >= 4 is 17.8 Å². The average molecular weight is 613 g/mol. The summed E-state index contributed by atoms with van der Waals surface area (Å²) in [5.41, 5.74) is 5.32. The number of benzene rings is 1. The number of esters is 1. The van der Waals surface area contributed by atoms with Crippen LogP contribution in [0.1, 0.15) is 64.0 Å². The van der Waals surface area contributed by atoms with Crippen molar-refractivity contribution in [2.75, 3.05) is 20.1 Å². The number of aliphatic hydroxyl groups is 1. The minimum atomic E-state index is -1.17. The molecule has 2 aliphatic heterocycles. The van der Waals surface area contributed by atoms with Gasteiger partial charge in [0.2, 0.25) is 11.8 Å². The maximum absolute atomic E-state index is 13.3. The number of likely N-dealkylation sites (tertiary alicyclic amines) is 1. The summed E-state index contributed by atoms with van der Waals surface area (Å²) >= 11 is 0. The fraction of sp³-hybridized carbons (Fsp3) is 0.594. The van der Waals surface area contributed by atoms with Gasteiger partial charge in [-0.05, 0) is 83.8 Å². The number of amides is 2. The summed E-state index contributed by atoms with van der Waals surface area (Å²) in [6, 6.07) is 1.93. The Morgan fingerprint density at radius 3 is 2.70 bits per heavy atom. The van der Waals surface area contributed by atoms with Crippen molar-refractivity contribution in [3.8, 4) is 11.5 Å². The topological polar surface area (TPSA) is 173 Å². The highest BCUT2D eigenvalue weighted by atomic mass is 16.6. The molecule has 0 radical (unpaired) electrons. The number of carbonyl (C=O) groups excluding carboxylic acids is 3. The van der Waals surface area contributed by atoms with E-state index in [1.54, 1.807) is 19.1 Å². The van der Waals surface area contributed by atoms with E-state index in [9.17, 15) is 24.6 Å². The van der Waals surface area contributed by atoms with Gasteiger partial charge in [-0.1, -0.05) is 12.6 Å². The fourth-order valence-corrected chi connectivity index (χ4v) is 7.42. The lowest BCUT2D eigenvalue weighted by atomic mass is 9.50. The van der Waals surface area contributed by atoms with Crippen molar-refractivity contribution < 1.29 is 38.8 Å². The van der Waals surface area contributed by atoms with Crippen LogP contribution in [-0.4, -0.2) is 89.0 Å². The third kappa shape index (κ3) is 5.22. The number of piperidine rings is 1. The van der Waals surface area contributed by atoms with E-state index < -0.39 is 47.2 Å². The van der Waals surface area contributed by atoms with E-state index in [1.165, 1.54) is 13.8 Å². The van der Waals surface area contributed by atoms with E-state index >= 15 is 0 Å². The Hall–Kier alpha value is -3.61. The Morgan fingerprint density at radius 1 is 1.25 bits per heavy atom. The van der Waals surface area contributed by atoms with Crippen molar-refractivity contribution in [3.05, 3.63) is 47.4 Å². The molecule has 1 fully saturated rings. The normalized spacial score (nSPS) is 28.4. The van der Waals surface area contributed by atoms with Crippen LogP contribution in [0.15, 0.2) is 36.3 Å². The van der Waals surface area contributed by atoms with E-state index in [0.717, 1.165) is 17.5 Å². The Bertz CT molecular complexity index is 1380. The van der Waals surface area contributed by atoms with Crippen LogP contribution in [-0.2, 0) is 35.7 Å². The summed E-state index contributed by atoms with van der Waals surface area (Å²) in [5.74, 6) is -0.682. The zero-order chi connectivity index (χ0) is 32.0. The predicted octanol–water partition coefficient (Wildman–Crippen LogP) is 1.27. The van der Waals surface area contributed by atoms with Gasteiger partial charge in [0.05, 0.1) is 17.1 Å². The molecule has 2 amide bonds. The Kier molecular flexibility index (Phi) is 8.71. The van der Waals surface area contributed by atoms with Gasteiger partial charge in [0.15, 0.2) is 23.7 Å². The zero-order valence-corrected chi connectivity index (χ0v) is 25.9. The molecule has 1 saturated heterocycles. The van der Waals surface area contributed by atoms with E-state index in [2.05, 4.69) is 22.1 Å². The maximum Gasteiger partial charge on any atom is 0.352 e. The van der Waals surface area contributed by atoms with Crippen LogP contribution in [0.5, 0.6) is 11.5 Å². The molecule has 0 aromatic heterocycles. The third-order valence-electron chi connectivity index (χ3n) is 9.71. The monoisotopic (exact) mass is 612 g/mol. The highest BCUT2D eigenvalue weighted by molar-refractivity contribution is 5.87. The number of carbonyl (C=O) groups is 3. The molecule has 240 valence electrons. The van der Waals surface area contributed by atoms with Crippen LogP contribution in [0.25, 0.3) is 0 Å². The first-order valence-corrected chi connectivity index (χ1v) is 15.3. The summed E-state index contributed by atoms with van der Waals surface area (Å²) < 4.78 is 18.0. The second-order valence-corrected chi connectivity index (χ2v) is 12.5. The summed E-state index contributed by atoms with van der Waals surface area (Å²) in [6.07, 6.45) is 3.09. The number of aromatic hydroxyl groups is 1. The van der Waals surface area contributed by atoms with E-state index in [4.69, 9.17) is 19.9 Å². The van der Waals surface area contributed by atoms with Gasteiger partial charge in [-0.3, -0.25) is 9.59 Å². The van der Waals surface area contributed by atoms with Crippen molar-refractivity contribution in [2.45, 2.75) is 101 Å². The maximum atomic E-state index is 13.3. The first-order chi connectivity index (χ1) is 20.8. The number of unbranched alkanes of at least 4 members (excludes halogenated alkanes) is 1. The fourth-order valence-electron chi connectivity index (χ4n) is 7.42. The first kappa shape index (κ1) is 31.8. The molecule has 4 aliphatic rings. The molecule has 1 aromatic rings. The molecule has 12 heteroatoms. The van der Waals surface area contributed by atoms with Crippen LogP contribution < -0.4 is 21.1 Å². The van der Waals surface area contributed by atoms with Gasteiger partial charge < -0.3 is 45.7 Å². The second kappa shape index (κ2) is 12.1. The summed E-state index contributed by atoms with van der Waals surface area (Å²) in [6.45, 7) is 9.63. The van der Waals surface area contributed by atoms with Crippen molar-refractivity contribution in [3.63, 3.8) is 0 Å². The van der Waals surface area contributed by atoms with Crippen LogP contribution in [0.4, 0.5) is 0 Å². The highest BCUT2D eigenvalue weighted by Crippen LogP contribution is 2.65. The number of hydrogen-bond acceptors (Lipinski definition) is 10. The lowest BCUT2D eigenvalue weighted by molar-refractivity contribution is -0.172. The van der Waals surface area contributed by atoms with Crippen LogP contribution in [0.3, 0.4) is 0 Å². The molecule has 2 aliphatic carbocycles. The number of nitrogens with one attached hydrogen (secondary N) is 2. The Balaban J connectivity index is 1.26. The number of ether oxygens (including phenoxy) is 3. The summed E-state index contributed by atoms with van der Waals surface area (Å²) in [7, 11) is 2.00. The highest BCUT2D eigenvalue weighted by Gasteiger charge is 2.72. The standard InChI is InChI=1S/C32H44N4O8/c1-17(34-29(39)22(35-20(4)37)8-6-7-14-33)18(2)42-19(3)30(40)43-24-11-12-32(41)25-16-21-9-10-23(38)27-26(21)31(32,28(24)44-27)13-15-36(25)5/h9-11,17,19,22,25,28,38,41H,2,6-8,12-16,33H2,1,3-5H3,(H,34,39)(H,35,37)/t17-,19-,22-,25+,28-,31-,32+/m0/s1. The quantitative estimate of drug-likeness (QED) is 0.131. The Morgan fingerprint density at radius 2 is 2.00 bits per heavy atom. The third-order valence-corrected chi connectivity index (χ3v) is 9.71. The molecule has 12 nitrogen and oxygen atoms in total. The molecule has 2 bridgehead atoms. The van der Waals surface area contributed by atoms with Gasteiger partial charge in [-0.25, -0.2) is 4.79 Å². The molecule has 1 spiro atoms. The van der Waals surface area contributed by atoms with Gasteiger partial charge in [0, 0.05) is 24.9 Å². The number of rotatable bonds is 12. The largest absolute Gasteiger partial charge is 0.504 e.